The van der Waals surface area contributed by atoms with Gasteiger partial charge in [-0.15, -0.1) is 11.8 Å². The SMILES string of the molecule is CCOC(=O)CC(C)=NC(C(=O)NC1C(=O)N2C1SC(C)(C)C2C(=O)O)c1ccc2c(c1)CCO2. The summed E-state index contributed by atoms with van der Waals surface area (Å²) in [6.45, 7) is 7.72. The Morgan fingerprint density at radius 3 is 2.80 bits per heavy atom. The van der Waals surface area contributed by atoms with Gasteiger partial charge in [0.15, 0.2) is 6.04 Å². The minimum Gasteiger partial charge on any atom is -0.493 e. The van der Waals surface area contributed by atoms with Gasteiger partial charge >= 0.3 is 11.9 Å². The quantitative estimate of drug-likeness (QED) is 0.311. The first-order chi connectivity index (χ1) is 16.5. The smallest absolute Gasteiger partial charge is 0.327 e. The number of carbonyl (C=O) groups excluding carboxylic acids is 3. The van der Waals surface area contributed by atoms with Crippen LogP contribution >= 0.6 is 11.8 Å². The van der Waals surface area contributed by atoms with Crippen LogP contribution in [-0.4, -0.2) is 74.9 Å². The highest BCUT2D eigenvalue weighted by Crippen LogP contribution is 2.50. The summed E-state index contributed by atoms with van der Waals surface area (Å²) in [4.78, 5) is 55.8. The molecule has 1 aromatic rings. The molecule has 10 nitrogen and oxygen atoms in total. The third-order valence-electron chi connectivity index (χ3n) is 6.31. The van der Waals surface area contributed by atoms with Gasteiger partial charge in [-0.2, -0.15) is 0 Å². The van der Waals surface area contributed by atoms with Crippen LogP contribution in [0, 0.1) is 0 Å². The number of carboxylic acid groups (broad SMARTS) is 1. The molecule has 0 aliphatic carbocycles. The van der Waals surface area contributed by atoms with Crippen molar-refractivity contribution >= 4 is 41.2 Å². The summed E-state index contributed by atoms with van der Waals surface area (Å²) in [5, 5.41) is 11.9. The highest BCUT2D eigenvalue weighted by Gasteiger charge is 2.64. The number of ether oxygens (including phenoxy) is 2. The van der Waals surface area contributed by atoms with Gasteiger partial charge in [-0.1, -0.05) is 6.07 Å². The molecule has 2 amide bonds. The molecule has 188 valence electrons. The molecule has 2 saturated heterocycles. The molecule has 0 spiro atoms. The number of hydrogen-bond donors (Lipinski definition) is 2. The van der Waals surface area contributed by atoms with E-state index >= 15 is 0 Å². The number of esters is 1. The van der Waals surface area contributed by atoms with Crippen molar-refractivity contribution in [2.45, 2.75) is 68.8 Å². The molecule has 35 heavy (non-hydrogen) atoms. The number of nitrogens with zero attached hydrogens (tertiary/aromatic N) is 2. The second-order valence-corrected chi connectivity index (χ2v) is 11.1. The summed E-state index contributed by atoms with van der Waals surface area (Å²) in [6, 6.07) is 2.59. The van der Waals surface area contributed by atoms with Crippen molar-refractivity contribution in [2.24, 2.45) is 4.99 Å². The lowest BCUT2D eigenvalue weighted by Gasteiger charge is -2.43. The third kappa shape index (κ3) is 4.73. The van der Waals surface area contributed by atoms with Gasteiger partial charge in [0.1, 0.15) is 23.2 Å². The van der Waals surface area contributed by atoms with Crippen LogP contribution in [0.1, 0.15) is 51.3 Å². The molecule has 2 fully saturated rings. The Kier molecular flexibility index (Phi) is 6.81. The predicted molar refractivity (Wildman–Crippen MR) is 128 cm³/mol. The number of aliphatic carboxylic acids is 1. The standard InChI is InChI=1S/C24H29N3O7S/c1-5-33-16(28)10-12(2)25-17(14-6-7-15-13(11-14)8-9-34-15)20(29)26-18-21(30)27-19(23(31)32)24(3,4)35-22(18)27/h6-7,11,17-19,22H,5,8-10H2,1-4H3,(H,26,29)(H,31,32). The zero-order chi connectivity index (χ0) is 25.5. The number of β-lactam (4-membered cyclic amide) rings is 1. The highest BCUT2D eigenvalue weighted by molar-refractivity contribution is 8.01. The maximum Gasteiger partial charge on any atom is 0.327 e. The van der Waals surface area contributed by atoms with Gasteiger partial charge in [0.25, 0.3) is 0 Å². The summed E-state index contributed by atoms with van der Waals surface area (Å²) in [7, 11) is 0. The molecular formula is C24H29N3O7S. The van der Waals surface area contributed by atoms with Crippen LogP contribution in [0.3, 0.4) is 0 Å². The first-order valence-electron chi connectivity index (χ1n) is 11.5. The van der Waals surface area contributed by atoms with Crippen molar-refractivity contribution in [3.63, 3.8) is 0 Å². The average Bonchev–Trinajstić information content (AvgIpc) is 3.35. The first-order valence-corrected chi connectivity index (χ1v) is 12.4. The number of nitrogens with one attached hydrogen (secondary N) is 1. The number of rotatable bonds is 8. The van der Waals surface area contributed by atoms with Gasteiger partial charge in [-0.05, 0) is 51.0 Å². The number of amides is 2. The van der Waals surface area contributed by atoms with Gasteiger partial charge in [-0.3, -0.25) is 19.4 Å². The van der Waals surface area contributed by atoms with Crippen LogP contribution in [0.2, 0.25) is 0 Å². The number of carboxylic acids is 1. The van der Waals surface area contributed by atoms with Crippen molar-refractivity contribution in [3.05, 3.63) is 29.3 Å². The summed E-state index contributed by atoms with van der Waals surface area (Å²) in [5.41, 5.74) is 1.99. The van der Waals surface area contributed by atoms with E-state index in [1.165, 1.54) is 16.7 Å². The van der Waals surface area contributed by atoms with Crippen LogP contribution in [0.5, 0.6) is 5.75 Å². The van der Waals surface area contributed by atoms with Crippen molar-refractivity contribution in [1.29, 1.82) is 0 Å². The number of benzene rings is 1. The molecule has 1 aromatic carbocycles. The number of thioether (sulfide) groups is 1. The van der Waals surface area contributed by atoms with Crippen LogP contribution in [-0.2, 0) is 30.3 Å². The van der Waals surface area contributed by atoms with Crippen molar-refractivity contribution in [3.8, 4) is 5.75 Å². The number of aliphatic imine (C=N–C) groups is 1. The van der Waals surface area contributed by atoms with E-state index in [1.54, 1.807) is 39.8 Å². The fourth-order valence-electron chi connectivity index (χ4n) is 4.73. The van der Waals surface area contributed by atoms with E-state index in [0.29, 0.717) is 24.3 Å². The number of hydrogen-bond acceptors (Lipinski definition) is 8. The van der Waals surface area contributed by atoms with E-state index in [2.05, 4.69) is 10.3 Å². The van der Waals surface area contributed by atoms with Gasteiger partial charge in [0.05, 0.1) is 19.6 Å². The van der Waals surface area contributed by atoms with E-state index in [1.807, 2.05) is 6.07 Å². The topological polar surface area (TPSA) is 135 Å². The fraction of sp³-hybridized carbons (Fsp3) is 0.542. The average molecular weight is 504 g/mol. The molecular weight excluding hydrogens is 474 g/mol. The van der Waals surface area contributed by atoms with E-state index in [-0.39, 0.29) is 13.0 Å². The zero-order valence-corrected chi connectivity index (χ0v) is 20.9. The second-order valence-electron chi connectivity index (χ2n) is 9.30. The zero-order valence-electron chi connectivity index (χ0n) is 20.1. The molecule has 4 unspecified atom stereocenters. The minimum atomic E-state index is -1.07. The van der Waals surface area contributed by atoms with E-state index < -0.39 is 52.0 Å². The van der Waals surface area contributed by atoms with E-state index in [4.69, 9.17) is 9.47 Å². The maximum absolute atomic E-state index is 13.4. The van der Waals surface area contributed by atoms with Gasteiger partial charge in [0, 0.05) is 16.9 Å². The molecule has 4 atom stereocenters. The predicted octanol–water partition coefficient (Wildman–Crippen LogP) is 1.71. The van der Waals surface area contributed by atoms with Crippen molar-refractivity contribution < 1.29 is 33.8 Å². The van der Waals surface area contributed by atoms with Gasteiger partial charge in [0.2, 0.25) is 11.8 Å². The Hall–Kier alpha value is -3.08. The molecule has 11 heteroatoms. The molecule has 0 saturated carbocycles. The fourth-order valence-corrected chi connectivity index (χ4v) is 6.35. The summed E-state index contributed by atoms with van der Waals surface area (Å²) < 4.78 is 9.85. The first kappa shape index (κ1) is 25.0. The number of carbonyl (C=O) groups is 4. The van der Waals surface area contributed by atoms with Crippen LogP contribution in [0.4, 0.5) is 0 Å². The highest BCUT2D eigenvalue weighted by atomic mass is 32.2. The van der Waals surface area contributed by atoms with Crippen LogP contribution < -0.4 is 10.1 Å². The third-order valence-corrected chi connectivity index (χ3v) is 7.88. The monoisotopic (exact) mass is 503 g/mol. The summed E-state index contributed by atoms with van der Waals surface area (Å²) in [5.74, 6) is -1.68. The van der Waals surface area contributed by atoms with Gasteiger partial charge in [-0.25, -0.2) is 4.79 Å². The lowest BCUT2D eigenvalue weighted by molar-refractivity contribution is -0.161. The molecule has 3 heterocycles. The maximum atomic E-state index is 13.4. The lowest BCUT2D eigenvalue weighted by atomic mass is 9.95. The Morgan fingerprint density at radius 1 is 1.37 bits per heavy atom. The number of fused-ring (bicyclic) bond motifs is 2. The Morgan fingerprint density at radius 2 is 2.11 bits per heavy atom. The minimum absolute atomic E-state index is 0.0607. The lowest BCUT2D eigenvalue weighted by Crippen LogP contribution is -2.70. The largest absolute Gasteiger partial charge is 0.493 e. The molecule has 3 aliphatic rings. The van der Waals surface area contributed by atoms with Crippen molar-refractivity contribution in [2.75, 3.05) is 13.2 Å². The van der Waals surface area contributed by atoms with Gasteiger partial charge < -0.3 is 24.8 Å². The Labute approximate surface area is 207 Å². The Balaban J connectivity index is 1.57. The molecule has 0 bridgehead atoms. The van der Waals surface area contributed by atoms with Crippen LogP contribution in [0.25, 0.3) is 0 Å². The summed E-state index contributed by atoms with van der Waals surface area (Å²) >= 11 is 1.36. The second kappa shape index (κ2) is 9.52. The summed E-state index contributed by atoms with van der Waals surface area (Å²) in [6.07, 6.45) is 0.651. The normalized spacial score (nSPS) is 25.1. The van der Waals surface area contributed by atoms with E-state index in [0.717, 1.165) is 11.3 Å². The molecule has 2 N–H and O–H groups in total. The van der Waals surface area contributed by atoms with Crippen LogP contribution in [0.15, 0.2) is 23.2 Å². The van der Waals surface area contributed by atoms with E-state index in [9.17, 15) is 24.3 Å². The molecule has 4 rings (SSSR count). The molecule has 3 aliphatic heterocycles. The Bertz CT molecular complexity index is 1100. The molecule has 0 aromatic heterocycles. The molecule has 0 radical (unpaired) electrons. The van der Waals surface area contributed by atoms with Crippen molar-refractivity contribution in [1.82, 2.24) is 10.2 Å².